The molecule has 1 aliphatic heterocycles. The van der Waals surface area contributed by atoms with Gasteiger partial charge in [0.2, 0.25) is 0 Å². The highest BCUT2D eigenvalue weighted by atomic mass is 35.5. The zero-order chi connectivity index (χ0) is 19.1. The summed E-state index contributed by atoms with van der Waals surface area (Å²) in [4.78, 5) is 24.9. The number of nitrogens with zero attached hydrogens (tertiary/aromatic N) is 4. The number of hydrogen-bond donors (Lipinski definition) is 1. The van der Waals surface area contributed by atoms with Crippen LogP contribution in [-0.4, -0.2) is 43.6 Å². The Morgan fingerprint density at radius 2 is 2.00 bits per heavy atom. The lowest BCUT2D eigenvalue weighted by Gasteiger charge is -2.32. The molecule has 142 valence electrons. The van der Waals surface area contributed by atoms with E-state index in [-0.39, 0.29) is 28.1 Å². The van der Waals surface area contributed by atoms with Crippen LogP contribution in [0.25, 0.3) is 0 Å². The molecule has 2 aliphatic rings. The number of aromatic nitrogens is 3. The van der Waals surface area contributed by atoms with Crippen molar-refractivity contribution in [2.24, 2.45) is 0 Å². The topological polar surface area (TPSA) is 97.1 Å². The van der Waals surface area contributed by atoms with E-state index in [2.05, 4.69) is 14.8 Å². The van der Waals surface area contributed by atoms with Gasteiger partial charge in [-0.25, -0.2) is 0 Å². The van der Waals surface area contributed by atoms with E-state index in [0.29, 0.717) is 23.9 Å². The fourth-order valence-electron chi connectivity index (χ4n) is 3.59. The number of piperidine rings is 1. The second kappa shape index (κ2) is 7.05. The van der Waals surface area contributed by atoms with Crippen LogP contribution in [-0.2, 0) is 0 Å². The van der Waals surface area contributed by atoms with Gasteiger partial charge in [-0.15, -0.1) is 0 Å². The lowest BCUT2D eigenvalue weighted by atomic mass is 9.95. The van der Waals surface area contributed by atoms with E-state index in [0.717, 1.165) is 31.5 Å². The van der Waals surface area contributed by atoms with Gasteiger partial charge in [-0.2, -0.15) is 5.10 Å². The van der Waals surface area contributed by atoms with Crippen LogP contribution in [0.15, 0.2) is 18.2 Å². The molecule has 1 amide bonds. The maximum atomic E-state index is 12.8. The summed E-state index contributed by atoms with van der Waals surface area (Å²) >= 11 is 11.5. The number of carbonyl (C=O) groups is 1. The maximum Gasteiger partial charge on any atom is 0.270 e. The normalized spacial score (nSPS) is 17.9. The molecule has 2 heterocycles. The fourth-order valence-corrected chi connectivity index (χ4v) is 4.08. The number of benzene rings is 1. The molecule has 1 aromatic carbocycles. The number of halogens is 1. The molecule has 1 saturated carbocycles. The van der Waals surface area contributed by atoms with Gasteiger partial charge in [-0.1, -0.05) is 11.6 Å². The highest BCUT2D eigenvalue weighted by Gasteiger charge is 2.33. The van der Waals surface area contributed by atoms with E-state index in [1.54, 1.807) is 4.90 Å². The molecule has 1 saturated heterocycles. The van der Waals surface area contributed by atoms with Crippen LogP contribution in [0.5, 0.6) is 0 Å². The average Bonchev–Trinajstić information content (AvgIpc) is 3.43. The SMILES string of the molecule is O=C(c1cc([N+](=O)[O-])ccc1Cl)N1CCC(c2n[nH]c(=S)n2C2CC2)CC1. The van der Waals surface area contributed by atoms with Crippen LogP contribution >= 0.6 is 23.8 Å². The number of likely N-dealkylation sites (tertiary alicyclic amines) is 1. The molecule has 1 aliphatic carbocycles. The van der Waals surface area contributed by atoms with Crippen LogP contribution in [0.2, 0.25) is 5.02 Å². The van der Waals surface area contributed by atoms with Crippen LogP contribution in [0, 0.1) is 14.9 Å². The van der Waals surface area contributed by atoms with Gasteiger partial charge < -0.3 is 9.47 Å². The van der Waals surface area contributed by atoms with Crippen LogP contribution in [0.4, 0.5) is 5.69 Å². The molecule has 1 aromatic heterocycles. The van der Waals surface area contributed by atoms with E-state index < -0.39 is 4.92 Å². The average molecular weight is 408 g/mol. The molecule has 0 atom stereocenters. The fraction of sp³-hybridized carbons (Fsp3) is 0.471. The van der Waals surface area contributed by atoms with Gasteiger partial charge in [-0.05, 0) is 44.0 Å². The Kier molecular flexibility index (Phi) is 4.73. The molecule has 0 unspecified atom stereocenters. The molecule has 1 N–H and O–H groups in total. The first-order chi connectivity index (χ1) is 13.0. The minimum atomic E-state index is -0.528. The molecule has 4 rings (SSSR count). The van der Waals surface area contributed by atoms with Gasteiger partial charge in [0.1, 0.15) is 5.82 Å². The summed E-state index contributed by atoms with van der Waals surface area (Å²) in [5, 5.41) is 18.5. The van der Waals surface area contributed by atoms with Gasteiger partial charge in [-0.3, -0.25) is 20.0 Å². The first-order valence-electron chi connectivity index (χ1n) is 8.85. The van der Waals surface area contributed by atoms with E-state index in [4.69, 9.17) is 23.8 Å². The van der Waals surface area contributed by atoms with Crippen molar-refractivity contribution in [3.8, 4) is 0 Å². The quantitative estimate of drug-likeness (QED) is 0.471. The number of rotatable bonds is 4. The Labute approximate surface area is 165 Å². The third-order valence-electron chi connectivity index (χ3n) is 5.18. The summed E-state index contributed by atoms with van der Waals surface area (Å²) in [5.41, 5.74) is 0.0302. The summed E-state index contributed by atoms with van der Waals surface area (Å²) in [6.45, 7) is 1.10. The van der Waals surface area contributed by atoms with E-state index in [1.165, 1.54) is 18.2 Å². The second-order valence-electron chi connectivity index (χ2n) is 6.98. The van der Waals surface area contributed by atoms with Crippen LogP contribution < -0.4 is 0 Å². The molecule has 0 radical (unpaired) electrons. The van der Waals surface area contributed by atoms with Crippen molar-refractivity contribution in [1.82, 2.24) is 19.7 Å². The summed E-state index contributed by atoms with van der Waals surface area (Å²) < 4.78 is 2.78. The highest BCUT2D eigenvalue weighted by molar-refractivity contribution is 7.71. The number of H-pyrrole nitrogens is 1. The van der Waals surface area contributed by atoms with Gasteiger partial charge >= 0.3 is 0 Å². The third kappa shape index (κ3) is 3.49. The zero-order valence-electron chi connectivity index (χ0n) is 14.4. The van der Waals surface area contributed by atoms with Crippen molar-refractivity contribution >= 4 is 35.4 Å². The summed E-state index contributed by atoms with van der Waals surface area (Å²) in [6, 6.07) is 4.39. The van der Waals surface area contributed by atoms with Crippen LogP contribution in [0.1, 0.15) is 53.8 Å². The number of nitro groups is 1. The molecular formula is C17H18ClN5O3S. The van der Waals surface area contributed by atoms with Gasteiger partial charge in [0, 0.05) is 37.2 Å². The minimum Gasteiger partial charge on any atom is -0.339 e. The lowest BCUT2D eigenvalue weighted by molar-refractivity contribution is -0.384. The molecule has 0 bridgehead atoms. The van der Waals surface area contributed by atoms with E-state index in [1.807, 2.05) is 0 Å². The first-order valence-corrected chi connectivity index (χ1v) is 9.64. The number of amides is 1. The molecule has 2 fully saturated rings. The Bertz CT molecular complexity index is 960. The van der Waals surface area contributed by atoms with Crippen molar-refractivity contribution < 1.29 is 9.72 Å². The number of hydrogen-bond acceptors (Lipinski definition) is 5. The third-order valence-corrected chi connectivity index (χ3v) is 5.80. The largest absolute Gasteiger partial charge is 0.339 e. The molecule has 0 spiro atoms. The highest BCUT2D eigenvalue weighted by Crippen LogP contribution is 2.39. The molecule has 8 nitrogen and oxygen atoms in total. The monoisotopic (exact) mass is 407 g/mol. The minimum absolute atomic E-state index is 0.141. The number of nitro benzene ring substituents is 1. The second-order valence-corrected chi connectivity index (χ2v) is 7.77. The van der Waals surface area contributed by atoms with Crippen molar-refractivity contribution in [3.63, 3.8) is 0 Å². The molecule has 10 heteroatoms. The smallest absolute Gasteiger partial charge is 0.270 e. The molecule has 27 heavy (non-hydrogen) atoms. The predicted octanol–water partition coefficient (Wildman–Crippen LogP) is 3.86. The number of carbonyl (C=O) groups excluding carboxylic acids is 1. The Hall–Kier alpha value is -2.26. The van der Waals surface area contributed by atoms with E-state index >= 15 is 0 Å². The standard InChI is InChI=1S/C17H18ClN5O3S/c18-14-4-3-12(23(25)26)9-13(14)16(24)21-7-5-10(6-8-21)15-19-20-17(27)22(15)11-1-2-11/h3-4,9-11H,1-2,5-8H2,(H,20,27). The summed E-state index contributed by atoms with van der Waals surface area (Å²) in [7, 11) is 0. The molecular weight excluding hydrogens is 390 g/mol. The number of non-ortho nitro benzene ring substituents is 1. The van der Waals surface area contributed by atoms with Crippen molar-refractivity contribution in [1.29, 1.82) is 0 Å². The lowest BCUT2D eigenvalue weighted by Crippen LogP contribution is -2.38. The number of nitrogens with one attached hydrogen (secondary N) is 1. The van der Waals surface area contributed by atoms with Crippen molar-refractivity contribution in [2.45, 2.75) is 37.6 Å². The molecule has 2 aromatic rings. The Morgan fingerprint density at radius 1 is 1.30 bits per heavy atom. The van der Waals surface area contributed by atoms with Gasteiger partial charge in [0.05, 0.1) is 15.5 Å². The number of aromatic amines is 1. The zero-order valence-corrected chi connectivity index (χ0v) is 16.0. The first kappa shape index (κ1) is 18.1. The predicted molar refractivity (Wildman–Crippen MR) is 102 cm³/mol. The van der Waals surface area contributed by atoms with Gasteiger partial charge in [0.15, 0.2) is 4.77 Å². The van der Waals surface area contributed by atoms with Crippen molar-refractivity contribution in [3.05, 3.63) is 49.5 Å². The summed E-state index contributed by atoms with van der Waals surface area (Å²) in [6.07, 6.45) is 3.79. The summed E-state index contributed by atoms with van der Waals surface area (Å²) in [5.74, 6) is 0.939. The maximum absolute atomic E-state index is 12.8. The Morgan fingerprint density at radius 3 is 2.63 bits per heavy atom. The van der Waals surface area contributed by atoms with Crippen LogP contribution in [0.3, 0.4) is 0 Å². The van der Waals surface area contributed by atoms with Crippen molar-refractivity contribution in [2.75, 3.05) is 13.1 Å². The van der Waals surface area contributed by atoms with Gasteiger partial charge in [0.25, 0.3) is 11.6 Å². The Balaban J connectivity index is 1.48. The van der Waals surface area contributed by atoms with E-state index in [9.17, 15) is 14.9 Å².